The van der Waals surface area contributed by atoms with Gasteiger partial charge in [-0.15, -0.1) is 13.2 Å². The second kappa shape index (κ2) is 7.64. The summed E-state index contributed by atoms with van der Waals surface area (Å²) in [6.45, 7) is -0.615. The number of benzene rings is 1. The van der Waals surface area contributed by atoms with Gasteiger partial charge in [0.2, 0.25) is 15.9 Å². The molecule has 1 unspecified atom stereocenters. The van der Waals surface area contributed by atoms with Gasteiger partial charge < -0.3 is 9.64 Å². The van der Waals surface area contributed by atoms with Gasteiger partial charge in [0.1, 0.15) is 5.75 Å². The number of ether oxygens (including phenoxy) is 1. The third kappa shape index (κ3) is 6.07. The molecule has 1 N–H and O–H groups in total. The first kappa shape index (κ1) is 21.4. The fourth-order valence-electron chi connectivity index (χ4n) is 2.47. The summed E-state index contributed by atoms with van der Waals surface area (Å²) in [6.07, 6.45) is -4.62. The number of carbonyl (C=O) groups excluding carboxylic acids is 1. The highest BCUT2D eigenvalue weighted by molar-refractivity contribution is 7.91. The highest BCUT2D eigenvalue weighted by Gasteiger charge is 2.33. The summed E-state index contributed by atoms with van der Waals surface area (Å²) in [7, 11) is -5.97. The normalized spacial score (nSPS) is 19.6. The Labute approximate surface area is 154 Å². The van der Waals surface area contributed by atoms with E-state index in [4.69, 9.17) is 0 Å². The molecule has 27 heavy (non-hydrogen) atoms. The van der Waals surface area contributed by atoms with Crippen LogP contribution in [0.25, 0.3) is 0 Å². The van der Waals surface area contributed by atoms with E-state index in [0.29, 0.717) is 0 Å². The van der Waals surface area contributed by atoms with E-state index in [1.165, 1.54) is 11.9 Å². The highest BCUT2D eigenvalue weighted by Crippen LogP contribution is 2.24. The molecule has 0 aromatic heterocycles. The van der Waals surface area contributed by atoms with E-state index >= 15 is 0 Å². The molecule has 0 spiro atoms. The topological polar surface area (TPSA) is 110 Å². The average molecular weight is 430 g/mol. The molecule has 1 aliphatic rings. The Bertz CT molecular complexity index is 898. The van der Waals surface area contributed by atoms with Crippen LogP contribution in [0.5, 0.6) is 5.75 Å². The van der Waals surface area contributed by atoms with Crippen molar-refractivity contribution in [2.75, 3.05) is 25.1 Å². The second-order valence-corrected chi connectivity index (χ2v) is 9.90. The average Bonchev–Trinajstić information content (AvgIpc) is 2.91. The second-order valence-electron chi connectivity index (χ2n) is 5.91. The Morgan fingerprint density at radius 1 is 1.30 bits per heavy atom. The van der Waals surface area contributed by atoms with Gasteiger partial charge in [0.05, 0.1) is 22.9 Å². The maximum atomic E-state index is 12.1. The van der Waals surface area contributed by atoms with Crippen LogP contribution in [0.15, 0.2) is 29.2 Å². The molecule has 1 atom stereocenters. The molecular formula is C14H17F3N2O6S2. The maximum absolute atomic E-state index is 12.1. The molecule has 2 rings (SSSR count). The van der Waals surface area contributed by atoms with Crippen LogP contribution in [0.2, 0.25) is 0 Å². The molecule has 1 fully saturated rings. The van der Waals surface area contributed by atoms with Crippen molar-refractivity contribution in [3.63, 3.8) is 0 Å². The van der Waals surface area contributed by atoms with Crippen LogP contribution in [-0.4, -0.2) is 65.1 Å². The predicted octanol–water partition coefficient (Wildman–Crippen LogP) is 0.509. The summed E-state index contributed by atoms with van der Waals surface area (Å²) in [5.41, 5.74) is 0. The molecule has 1 aromatic rings. The molecule has 8 nitrogen and oxygen atoms in total. The zero-order valence-corrected chi connectivity index (χ0v) is 15.7. The van der Waals surface area contributed by atoms with Crippen molar-refractivity contribution < 1.29 is 39.5 Å². The minimum Gasteiger partial charge on any atom is -0.406 e. The van der Waals surface area contributed by atoms with E-state index in [1.807, 2.05) is 4.72 Å². The standard InChI is InChI=1S/C14H17F3N2O6S2/c1-19(10-6-7-26(21,22)9-10)13(20)8-18-27(23,24)12-4-2-11(3-5-12)25-14(15,16)17/h2-5,10,18H,6-9H2,1H3. The number of hydrogen-bond acceptors (Lipinski definition) is 6. The largest absolute Gasteiger partial charge is 0.573 e. The third-order valence-corrected chi connectivity index (χ3v) is 7.10. The quantitative estimate of drug-likeness (QED) is 0.704. The zero-order chi connectivity index (χ0) is 20.5. The fraction of sp³-hybridized carbons (Fsp3) is 0.500. The number of nitrogens with zero attached hydrogens (tertiary/aromatic N) is 1. The van der Waals surface area contributed by atoms with Crippen LogP contribution in [0.4, 0.5) is 13.2 Å². The Morgan fingerprint density at radius 2 is 1.89 bits per heavy atom. The number of hydrogen-bond donors (Lipinski definition) is 1. The van der Waals surface area contributed by atoms with Crippen LogP contribution < -0.4 is 9.46 Å². The van der Waals surface area contributed by atoms with Crippen LogP contribution in [-0.2, 0) is 24.7 Å². The molecule has 0 aliphatic carbocycles. The van der Waals surface area contributed by atoms with Crippen LogP contribution in [0.1, 0.15) is 6.42 Å². The summed E-state index contributed by atoms with van der Waals surface area (Å²) in [5, 5.41) is 0. The van der Waals surface area contributed by atoms with Crippen LogP contribution in [0.3, 0.4) is 0 Å². The Balaban J connectivity index is 1.97. The zero-order valence-electron chi connectivity index (χ0n) is 14.1. The number of halogens is 3. The van der Waals surface area contributed by atoms with Gasteiger partial charge in [0, 0.05) is 13.1 Å². The summed E-state index contributed by atoms with van der Waals surface area (Å²) in [4.78, 5) is 12.9. The Hall–Kier alpha value is -1.86. The monoisotopic (exact) mass is 430 g/mol. The number of likely N-dealkylation sites (N-methyl/N-ethyl adjacent to an activating group) is 1. The molecule has 1 aliphatic heterocycles. The minimum absolute atomic E-state index is 0.0344. The van der Waals surface area contributed by atoms with Crippen molar-refractivity contribution >= 4 is 25.8 Å². The van der Waals surface area contributed by atoms with Gasteiger partial charge in [-0.2, -0.15) is 0 Å². The summed E-state index contributed by atoms with van der Waals surface area (Å²) in [5.74, 6) is -1.42. The number of carbonyl (C=O) groups is 1. The lowest BCUT2D eigenvalue weighted by molar-refractivity contribution is -0.274. The van der Waals surface area contributed by atoms with E-state index in [-0.39, 0.29) is 22.8 Å². The van der Waals surface area contributed by atoms with Crippen LogP contribution >= 0.6 is 0 Å². The molecule has 0 bridgehead atoms. The number of rotatable bonds is 6. The predicted molar refractivity (Wildman–Crippen MR) is 88.1 cm³/mol. The van der Waals surface area contributed by atoms with E-state index in [2.05, 4.69) is 4.74 Å². The number of alkyl halides is 3. The van der Waals surface area contributed by atoms with Gasteiger partial charge in [-0.3, -0.25) is 4.79 Å². The lowest BCUT2D eigenvalue weighted by Crippen LogP contribution is -2.43. The summed E-state index contributed by atoms with van der Waals surface area (Å²) < 4.78 is 89.2. The van der Waals surface area contributed by atoms with Crippen molar-refractivity contribution in [1.82, 2.24) is 9.62 Å². The van der Waals surface area contributed by atoms with E-state index in [9.17, 15) is 34.8 Å². The van der Waals surface area contributed by atoms with Gasteiger partial charge in [0.15, 0.2) is 9.84 Å². The maximum Gasteiger partial charge on any atom is 0.573 e. The Morgan fingerprint density at radius 3 is 2.37 bits per heavy atom. The first-order chi connectivity index (χ1) is 12.3. The van der Waals surface area contributed by atoms with Crippen LogP contribution in [0, 0.1) is 0 Å². The van der Waals surface area contributed by atoms with Crippen molar-refractivity contribution in [3.05, 3.63) is 24.3 Å². The minimum atomic E-state index is -4.90. The summed E-state index contributed by atoms with van der Waals surface area (Å²) >= 11 is 0. The smallest absolute Gasteiger partial charge is 0.406 e. The molecule has 0 radical (unpaired) electrons. The van der Waals surface area contributed by atoms with Gasteiger partial charge in [0.25, 0.3) is 0 Å². The van der Waals surface area contributed by atoms with Gasteiger partial charge in [-0.1, -0.05) is 0 Å². The molecule has 13 heteroatoms. The molecule has 1 saturated heterocycles. The van der Waals surface area contributed by atoms with E-state index in [1.54, 1.807) is 0 Å². The lowest BCUT2D eigenvalue weighted by atomic mass is 10.2. The highest BCUT2D eigenvalue weighted by atomic mass is 32.2. The van der Waals surface area contributed by atoms with Gasteiger partial charge in [-0.05, 0) is 30.7 Å². The van der Waals surface area contributed by atoms with Crippen molar-refractivity contribution in [1.29, 1.82) is 0 Å². The SMILES string of the molecule is CN(C(=O)CNS(=O)(=O)c1ccc(OC(F)(F)F)cc1)C1CCS(=O)(=O)C1. The molecule has 1 heterocycles. The lowest BCUT2D eigenvalue weighted by Gasteiger charge is -2.23. The summed E-state index contributed by atoms with van der Waals surface area (Å²) in [6, 6.07) is 2.95. The number of sulfonamides is 1. The van der Waals surface area contributed by atoms with E-state index < -0.39 is 50.5 Å². The number of amides is 1. The molecular weight excluding hydrogens is 413 g/mol. The first-order valence-corrected chi connectivity index (χ1v) is 10.9. The first-order valence-electron chi connectivity index (χ1n) is 7.61. The van der Waals surface area contributed by atoms with Crippen molar-refractivity contribution in [2.45, 2.75) is 23.7 Å². The van der Waals surface area contributed by atoms with Gasteiger partial charge >= 0.3 is 6.36 Å². The van der Waals surface area contributed by atoms with Gasteiger partial charge in [-0.25, -0.2) is 21.6 Å². The molecule has 152 valence electrons. The number of nitrogens with one attached hydrogen (secondary N) is 1. The Kier molecular flexibility index (Phi) is 6.06. The van der Waals surface area contributed by atoms with Crippen molar-refractivity contribution in [2.24, 2.45) is 0 Å². The number of sulfone groups is 1. The molecule has 0 saturated carbocycles. The van der Waals surface area contributed by atoms with Crippen molar-refractivity contribution in [3.8, 4) is 5.75 Å². The third-order valence-electron chi connectivity index (χ3n) is 3.93. The molecule has 1 amide bonds. The van der Waals surface area contributed by atoms with E-state index in [0.717, 1.165) is 24.3 Å². The fourth-order valence-corrected chi connectivity index (χ4v) is 5.22. The molecule has 1 aromatic carbocycles.